The summed E-state index contributed by atoms with van der Waals surface area (Å²) in [4.78, 5) is 20.9. The van der Waals surface area contributed by atoms with E-state index in [-0.39, 0.29) is 17.2 Å². The van der Waals surface area contributed by atoms with Crippen LogP contribution in [0.2, 0.25) is 0 Å². The lowest BCUT2D eigenvalue weighted by Crippen LogP contribution is -2.27. The van der Waals surface area contributed by atoms with E-state index in [1.807, 2.05) is 48.5 Å². The van der Waals surface area contributed by atoms with Crippen LogP contribution in [-0.4, -0.2) is 23.8 Å². The monoisotopic (exact) mass is 290 g/mol. The van der Waals surface area contributed by atoms with Crippen molar-refractivity contribution in [1.29, 1.82) is 0 Å². The number of hydrogen-bond acceptors (Lipinski definition) is 4. The van der Waals surface area contributed by atoms with Crippen molar-refractivity contribution in [3.63, 3.8) is 0 Å². The minimum atomic E-state index is -0.215. The molecule has 0 aromatic heterocycles. The highest BCUT2D eigenvalue weighted by Gasteiger charge is 2.18. The molecule has 4 nitrogen and oxygen atoms in total. The lowest BCUT2D eigenvalue weighted by Gasteiger charge is -2.24. The molecule has 122 valence electrons. The highest BCUT2D eigenvalue weighted by atomic mass is 17.2. The summed E-state index contributed by atoms with van der Waals surface area (Å²) in [6.07, 6.45) is 3.83. The molecule has 0 saturated carbocycles. The van der Waals surface area contributed by atoms with Crippen LogP contribution >= 0.6 is 0 Å². The Labute approximate surface area is 125 Å². The molecule has 0 fully saturated rings. The van der Waals surface area contributed by atoms with Gasteiger partial charge in [0.25, 0.3) is 0 Å². The minimum absolute atomic E-state index is 0.0593. The predicted molar refractivity (Wildman–Crippen MR) is 82.5 cm³/mol. The standard InChI is InChI=1S/C8H18O2.C8H16O2/c1-7(2,3)9-10-8(4,5)6;1-3-5-6-7-8(9)10-4-2/h1-6H3;3-7H2,1-2H3. The highest BCUT2D eigenvalue weighted by molar-refractivity contribution is 5.69. The van der Waals surface area contributed by atoms with Gasteiger partial charge in [-0.2, -0.15) is 0 Å². The van der Waals surface area contributed by atoms with Crippen LogP contribution in [0, 0.1) is 0 Å². The number of carbonyl (C=O) groups is 1. The normalized spacial score (nSPS) is 11.6. The molecule has 0 radical (unpaired) electrons. The molecule has 0 N–H and O–H groups in total. The van der Waals surface area contributed by atoms with Crippen molar-refractivity contribution in [1.82, 2.24) is 0 Å². The van der Waals surface area contributed by atoms with Crippen LogP contribution in [-0.2, 0) is 19.3 Å². The van der Waals surface area contributed by atoms with Gasteiger partial charge < -0.3 is 4.74 Å². The number of esters is 1. The first-order chi connectivity index (χ1) is 9.02. The molecule has 0 aliphatic heterocycles. The summed E-state index contributed by atoms with van der Waals surface area (Å²) in [5.74, 6) is -0.0593. The van der Waals surface area contributed by atoms with Crippen LogP contribution in [0.15, 0.2) is 0 Å². The second-order valence-electron chi connectivity index (χ2n) is 6.65. The molecule has 0 aromatic carbocycles. The molecule has 0 heterocycles. The summed E-state index contributed by atoms with van der Waals surface area (Å²) in [5.41, 5.74) is -0.430. The fourth-order valence-corrected chi connectivity index (χ4v) is 1.00. The number of rotatable bonds is 6. The van der Waals surface area contributed by atoms with Crippen molar-refractivity contribution in [3.05, 3.63) is 0 Å². The molecule has 4 heteroatoms. The Hall–Kier alpha value is -0.610. The zero-order valence-electron chi connectivity index (χ0n) is 14.7. The smallest absolute Gasteiger partial charge is 0.305 e. The first kappa shape index (κ1) is 21.7. The third kappa shape index (κ3) is 22.6. The van der Waals surface area contributed by atoms with Gasteiger partial charge in [-0.25, -0.2) is 9.78 Å². The zero-order valence-corrected chi connectivity index (χ0v) is 14.7. The van der Waals surface area contributed by atoms with Crippen LogP contribution < -0.4 is 0 Å². The Kier molecular flexibility index (Phi) is 12.0. The maximum atomic E-state index is 10.7. The van der Waals surface area contributed by atoms with E-state index in [1.54, 1.807) is 0 Å². The molecule has 0 amide bonds. The summed E-state index contributed by atoms with van der Waals surface area (Å²) >= 11 is 0. The first-order valence-electron chi connectivity index (χ1n) is 7.54. The quantitative estimate of drug-likeness (QED) is 0.309. The molecule has 0 aliphatic rings. The lowest BCUT2D eigenvalue weighted by molar-refractivity contribution is -0.393. The Morgan fingerprint density at radius 3 is 1.60 bits per heavy atom. The second kappa shape index (κ2) is 11.1. The number of carbonyl (C=O) groups excluding carboxylic acids is 1. The van der Waals surface area contributed by atoms with Crippen molar-refractivity contribution in [2.24, 2.45) is 0 Å². The van der Waals surface area contributed by atoms with Crippen LogP contribution in [0.3, 0.4) is 0 Å². The molecule has 20 heavy (non-hydrogen) atoms. The Balaban J connectivity index is 0. The molecule has 0 unspecified atom stereocenters. The molecule has 0 aliphatic carbocycles. The third-order valence-electron chi connectivity index (χ3n) is 1.83. The second-order valence-corrected chi connectivity index (χ2v) is 6.65. The summed E-state index contributed by atoms with van der Waals surface area (Å²) in [7, 11) is 0. The van der Waals surface area contributed by atoms with E-state index in [4.69, 9.17) is 14.5 Å². The zero-order chi connectivity index (χ0) is 16.2. The summed E-state index contributed by atoms with van der Waals surface area (Å²) in [6, 6.07) is 0. The number of ether oxygens (including phenoxy) is 1. The van der Waals surface area contributed by atoms with Gasteiger partial charge in [0.1, 0.15) is 0 Å². The lowest BCUT2D eigenvalue weighted by atomic mass is 10.2. The summed E-state index contributed by atoms with van der Waals surface area (Å²) in [5, 5.41) is 0. The maximum Gasteiger partial charge on any atom is 0.305 e. The molecular weight excluding hydrogens is 256 g/mol. The topological polar surface area (TPSA) is 44.8 Å². The van der Waals surface area contributed by atoms with Gasteiger partial charge in [-0.3, -0.25) is 4.79 Å². The van der Waals surface area contributed by atoms with Crippen LogP contribution in [0.25, 0.3) is 0 Å². The maximum absolute atomic E-state index is 10.7. The van der Waals surface area contributed by atoms with E-state index < -0.39 is 0 Å². The summed E-state index contributed by atoms with van der Waals surface area (Å²) < 4.78 is 4.75. The Morgan fingerprint density at radius 1 is 0.850 bits per heavy atom. The molecule has 0 rings (SSSR count). The van der Waals surface area contributed by atoms with E-state index in [0.29, 0.717) is 13.0 Å². The van der Waals surface area contributed by atoms with E-state index >= 15 is 0 Å². The Bertz CT molecular complexity index is 222. The molecule has 0 aromatic rings. The average Bonchev–Trinajstić information content (AvgIpc) is 2.26. The predicted octanol–water partition coefficient (Wildman–Crippen LogP) is 4.66. The van der Waals surface area contributed by atoms with Gasteiger partial charge in [0.05, 0.1) is 17.8 Å². The van der Waals surface area contributed by atoms with Crippen LogP contribution in [0.4, 0.5) is 0 Å². The van der Waals surface area contributed by atoms with E-state index in [2.05, 4.69) is 6.92 Å². The van der Waals surface area contributed by atoms with Crippen molar-refractivity contribution in [2.75, 3.05) is 6.61 Å². The van der Waals surface area contributed by atoms with E-state index in [1.165, 1.54) is 0 Å². The van der Waals surface area contributed by atoms with Gasteiger partial charge in [0, 0.05) is 6.42 Å². The SMILES string of the molecule is CC(C)(C)OOC(C)(C)C.CCCCCC(=O)OCC. The minimum Gasteiger partial charge on any atom is -0.466 e. The fourth-order valence-electron chi connectivity index (χ4n) is 1.00. The first-order valence-corrected chi connectivity index (χ1v) is 7.54. The molecule has 0 bridgehead atoms. The molecule has 0 atom stereocenters. The number of hydrogen-bond donors (Lipinski definition) is 0. The largest absolute Gasteiger partial charge is 0.466 e. The van der Waals surface area contributed by atoms with Gasteiger partial charge in [0.2, 0.25) is 0 Å². The van der Waals surface area contributed by atoms with Crippen LogP contribution in [0.1, 0.15) is 81.1 Å². The van der Waals surface area contributed by atoms with Crippen LogP contribution in [0.5, 0.6) is 0 Å². The third-order valence-corrected chi connectivity index (χ3v) is 1.83. The van der Waals surface area contributed by atoms with Gasteiger partial charge in [-0.1, -0.05) is 19.8 Å². The van der Waals surface area contributed by atoms with Crippen molar-refractivity contribution >= 4 is 5.97 Å². The van der Waals surface area contributed by atoms with Crippen molar-refractivity contribution in [2.45, 2.75) is 92.3 Å². The van der Waals surface area contributed by atoms with E-state index in [9.17, 15) is 4.79 Å². The van der Waals surface area contributed by atoms with Gasteiger partial charge in [-0.05, 0) is 54.9 Å². The van der Waals surface area contributed by atoms with Gasteiger partial charge >= 0.3 is 5.97 Å². The average molecular weight is 290 g/mol. The molecule has 0 saturated heterocycles. The Morgan fingerprint density at radius 2 is 1.30 bits per heavy atom. The highest BCUT2D eigenvalue weighted by Crippen LogP contribution is 2.14. The van der Waals surface area contributed by atoms with Gasteiger partial charge in [-0.15, -0.1) is 0 Å². The number of unbranched alkanes of at least 4 members (excludes halogenated alkanes) is 2. The molecular formula is C16H34O4. The molecule has 0 spiro atoms. The van der Waals surface area contributed by atoms with E-state index in [0.717, 1.165) is 19.3 Å². The van der Waals surface area contributed by atoms with Crippen molar-refractivity contribution < 1.29 is 19.3 Å². The van der Waals surface area contributed by atoms with Gasteiger partial charge in [0.15, 0.2) is 0 Å². The fraction of sp³-hybridized carbons (Fsp3) is 0.938. The van der Waals surface area contributed by atoms with Crippen molar-refractivity contribution in [3.8, 4) is 0 Å². The summed E-state index contributed by atoms with van der Waals surface area (Å²) in [6.45, 7) is 16.2.